The lowest BCUT2D eigenvalue weighted by Crippen LogP contribution is -2.59. The second-order valence-corrected chi connectivity index (χ2v) is 7.37. The molecule has 1 aromatic rings. The first-order valence-corrected chi connectivity index (χ1v) is 9.51. The summed E-state index contributed by atoms with van der Waals surface area (Å²) in [5.41, 5.74) is 0. The quantitative estimate of drug-likeness (QED) is 0.126. The lowest BCUT2D eigenvalue weighted by molar-refractivity contribution is -0.354. The smallest absolute Gasteiger partial charge is 0.421 e. The van der Waals surface area contributed by atoms with E-state index >= 15 is 0 Å². The van der Waals surface area contributed by atoms with Crippen LogP contribution >= 0.6 is 0 Å². The third-order valence-electron chi connectivity index (χ3n) is 3.52. The van der Waals surface area contributed by atoms with Gasteiger partial charge in [-0.1, -0.05) is 24.8 Å². The summed E-state index contributed by atoms with van der Waals surface area (Å²) < 4.78 is 148. The average molecular weight is 516 g/mol. The number of ether oxygens (including phenoxy) is 3. The summed E-state index contributed by atoms with van der Waals surface area (Å²) in [7, 11) is -6.74. The van der Waals surface area contributed by atoms with Gasteiger partial charge in [0, 0.05) is 6.42 Å². The van der Waals surface area contributed by atoms with Crippen LogP contribution in [0.5, 0.6) is 5.75 Å². The van der Waals surface area contributed by atoms with E-state index in [9.17, 15) is 53.1 Å². The Balaban J connectivity index is 3.35. The lowest BCUT2D eigenvalue weighted by Gasteiger charge is -2.32. The molecular formula is C16H12F8O8S. The van der Waals surface area contributed by atoms with Crippen molar-refractivity contribution >= 4 is 22.1 Å². The van der Waals surface area contributed by atoms with Crippen LogP contribution in [0.4, 0.5) is 35.1 Å². The van der Waals surface area contributed by atoms with Crippen LogP contribution in [0.2, 0.25) is 0 Å². The van der Waals surface area contributed by atoms with E-state index in [1.54, 1.807) is 0 Å². The van der Waals surface area contributed by atoms with Crippen LogP contribution in [-0.4, -0.2) is 54.7 Å². The molecular weight excluding hydrogens is 504 g/mol. The Morgan fingerprint density at radius 3 is 1.94 bits per heavy atom. The van der Waals surface area contributed by atoms with E-state index in [0.717, 1.165) is 24.3 Å². The monoisotopic (exact) mass is 516 g/mol. The highest BCUT2D eigenvalue weighted by Gasteiger charge is 2.69. The van der Waals surface area contributed by atoms with Gasteiger partial charge in [0.05, 0.1) is 6.61 Å². The molecule has 0 radical (unpaired) electrons. The molecule has 33 heavy (non-hydrogen) atoms. The minimum Gasteiger partial charge on any atom is -0.421 e. The first kappa shape index (κ1) is 28.2. The minimum absolute atomic E-state index is 0.627. The zero-order valence-corrected chi connectivity index (χ0v) is 16.6. The number of para-hydroxylation sites is 1. The number of hydrogen-bond acceptors (Lipinski definition) is 7. The van der Waals surface area contributed by atoms with Crippen LogP contribution in [0.1, 0.15) is 6.42 Å². The Kier molecular flexibility index (Phi) is 8.22. The van der Waals surface area contributed by atoms with Gasteiger partial charge >= 0.3 is 45.2 Å². The number of carbonyl (C=O) groups excluding carboxylic acids is 2. The Morgan fingerprint density at radius 2 is 1.52 bits per heavy atom. The van der Waals surface area contributed by atoms with Gasteiger partial charge in [-0.15, -0.1) is 0 Å². The van der Waals surface area contributed by atoms with Gasteiger partial charge in [-0.3, -0.25) is 4.55 Å². The van der Waals surface area contributed by atoms with E-state index in [4.69, 9.17) is 4.55 Å². The first-order valence-electron chi connectivity index (χ1n) is 8.07. The normalized spacial score (nSPS) is 14.8. The molecule has 1 atom stereocenters. The predicted molar refractivity (Wildman–Crippen MR) is 89.2 cm³/mol. The largest absolute Gasteiger partial charge is 0.468 e. The average Bonchev–Trinajstić information content (AvgIpc) is 2.65. The summed E-state index contributed by atoms with van der Waals surface area (Å²) in [6.07, 6.45) is -8.74. The van der Waals surface area contributed by atoms with E-state index in [1.807, 2.05) is 0 Å². The van der Waals surface area contributed by atoms with Crippen molar-refractivity contribution in [3.05, 3.63) is 42.7 Å². The van der Waals surface area contributed by atoms with E-state index in [0.29, 0.717) is 0 Å². The van der Waals surface area contributed by atoms with E-state index < -0.39 is 69.8 Å². The van der Waals surface area contributed by atoms with E-state index in [-0.39, 0.29) is 0 Å². The van der Waals surface area contributed by atoms with Crippen molar-refractivity contribution < 1.29 is 71.9 Å². The molecule has 0 aliphatic heterocycles. The van der Waals surface area contributed by atoms with Gasteiger partial charge in [-0.25, -0.2) is 9.59 Å². The molecule has 0 spiro atoms. The van der Waals surface area contributed by atoms with Crippen LogP contribution < -0.4 is 4.74 Å². The molecule has 1 N–H and O–H groups in total. The van der Waals surface area contributed by atoms with Gasteiger partial charge in [0.15, 0.2) is 0 Å². The third-order valence-corrected chi connectivity index (χ3v) is 4.47. The van der Waals surface area contributed by atoms with Crippen molar-refractivity contribution in [1.29, 1.82) is 0 Å². The fourth-order valence-corrected chi connectivity index (χ4v) is 2.37. The Labute approximate surface area is 179 Å². The molecule has 0 aliphatic carbocycles. The fraction of sp³-hybridized carbons (Fsp3) is 0.375. The third kappa shape index (κ3) is 6.17. The molecule has 0 fully saturated rings. The van der Waals surface area contributed by atoms with E-state index in [1.165, 1.54) is 6.07 Å². The van der Waals surface area contributed by atoms with Crippen molar-refractivity contribution in [3.63, 3.8) is 0 Å². The minimum atomic E-state index is -6.74. The molecule has 186 valence electrons. The highest BCUT2D eigenvalue weighted by molar-refractivity contribution is 7.87. The summed E-state index contributed by atoms with van der Waals surface area (Å²) in [6, 6.07) is 5.47. The van der Waals surface area contributed by atoms with Gasteiger partial charge in [0.25, 0.3) is 0 Å². The molecule has 0 amide bonds. The van der Waals surface area contributed by atoms with Gasteiger partial charge in [-0.2, -0.15) is 43.5 Å². The molecule has 0 bridgehead atoms. The predicted octanol–water partition coefficient (Wildman–Crippen LogP) is 3.40. The molecule has 0 saturated heterocycles. The fourth-order valence-electron chi connectivity index (χ4n) is 1.89. The molecule has 1 unspecified atom stereocenters. The van der Waals surface area contributed by atoms with Crippen molar-refractivity contribution in [2.45, 2.75) is 29.6 Å². The molecule has 0 saturated carbocycles. The maximum absolute atomic E-state index is 13.7. The Morgan fingerprint density at radius 1 is 1.00 bits per heavy atom. The zero-order valence-electron chi connectivity index (χ0n) is 15.7. The number of rotatable bonds is 10. The molecule has 0 aliphatic rings. The number of esters is 2. The molecule has 17 heteroatoms. The topological polar surface area (TPSA) is 116 Å². The summed E-state index contributed by atoms with van der Waals surface area (Å²) in [5.74, 6) is -18.8. The molecule has 1 rings (SSSR count). The number of benzene rings is 1. The second-order valence-electron chi connectivity index (χ2n) is 5.91. The van der Waals surface area contributed by atoms with Gasteiger partial charge in [-0.05, 0) is 12.1 Å². The number of halogens is 8. The van der Waals surface area contributed by atoms with Gasteiger partial charge in [0.1, 0.15) is 5.75 Å². The highest BCUT2D eigenvalue weighted by Crippen LogP contribution is 2.42. The summed E-state index contributed by atoms with van der Waals surface area (Å²) >= 11 is 0. The number of carbonyl (C=O) groups is 2. The zero-order chi connectivity index (χ0) is 25.9. The van der Waals surface area contributed by atoms with Crippen LogP contribution in [-0.2, 0) is 29.2 Å². The molecule has 8 nitrogen and oxygen atoms in total. The van der Waals surface area contributed by atoms with Crippen molar-refractivity contribution in [3.8, 4) is 5.75 Å². The maximum atomic E-state index is 13.7. The Hall–Kier alpha value is -2.79. The number of alkyl halides is 7. The van der Waals surface area contributed by atoms with Crippen LogP contribution in [0.15, 0.2) is 42.7 Å². The lowest BCUT2D eigenvalue weighted by atomic mass is 10.2. The molecule has 0 heterocycles. The summed E-state index contributed by atoms with van der Waals surface area (Å²) in [4.78, 5) is 23.5. The highest BCUT2D eigenvalue weighted by atomic mass is 32.2. The second kappa shape index (κ2) is 9.60. The van der Waals surface area contributed by atoms with Crippen LogP contribution in [0.3, 0.4) is 0 Å². The standard InChI is InChI=1S/C16H12F8O8S/c1-9(17)11(25)32-14(15(20,21)22,12(26)31-10-5-3-2-4-6-10)30-8-7-13(18,19)16(23,24)33(27,28)29/h2-6H,1,7-8H2,(H,27,28,29). The van der Waals surface area contributed by atoms with Gasteiger partial charge in [0.2, 0.25) is 5.83 Å². The summed E-state index contributed by atoms with van der Waals surface area (Å²) in [6.45, 7) is 0.0711. The van der Waals surface area contributed by atoms with Crippen LogP contribution in [0, 0.1) is 0 Å². The molecule has 0 aromatic heterocycles. The van der Waals surface area contributed by atoms with Crippen molar-refractivity contribution in [1.82, 2.24) is 0 Å². The van der Waals surface area contributed by atoms with Crippen molar-refractivity contribution in [2.24, 2.45) is 0 Å². The Bertz CT molecular complexity index is 994. The van der Waals surface area contributed by atoms with Crippen molar-refractivity contribution in [2.75, 3.05) is 6.61 Å². The number of hydrogen-bond donors (Lipinski definition) is 1. The molecule has 1 aromatic carbocycles. The van der Waals surface area contributed by atoms with E-state index in [2.05, 4.69) is 20.8 Å². The maximum Gasteiger partial charge on any atom is 0.468 e. The summed E-state index contributed by atoms with van der Waals surface area (Å²) in [5, 5.41) is -6.18. The first-order chi connectivity index (χ1) is 14.8. The van der Waals surface area contributed by atoms with Gasteiger partial charge < -0.3 is 14.2 Å². The SMILES string of the molecule is C=C(F)C(=O)OC(OCCC(F)(F)C(F)(F)S(=O)(=O)O)(C(=O)Oc1ccccc1)C(F)(F)F. The van der Waals surface area contributed by atoms with Crippen LogP contribution in [0.25, 0.3) is 0 Å².